The predicted octanol–water partition coefficient (Wildman–Crippen LogP) is -0.0166. The maximum atomic E-state index is 5.34. The maximum absolute atomic E-state index is 5.34. The van der Waals surface area contributed by atoms with Gasteiger partial charge in [0.1, 0.15) is 6.61 Å². The van der Waals surface area contributed by atoms with Gasteiger partial charge in [0.25, 0.3) is 0 Å². The van der Waals surface area contributed by atoms with E-state index >= 15 is 0 Å². The molecule has 46 valence electrons. The van der Waals surface area contributed by atoms with E-state index in [2.05, 4.69) is 5.92 Å². The van der Waals surface area contributed by atoms with E-state index in [-0.39, 0.29) is 6.04 Å². The molecule has 0 bridgehead atoms. The summed E-state index contributed by atoms with van der Waals surface area (Å²) in [5.41, 5.74) is 5.34. The monoisotopic (exact) mass is 113 g/mol. The van der Waals surface area contributed by atoms with Gasteiger partial charge in [-0.25, -0.2) is 0 Å². The minimum atomic E-state index is 0.0864. The van der Waals surface area contributed by atoms with Gasteiger partial charge in [-0.15, -0.1) is 6.42 Å². The first-order chi connectivity index (χ1) is 3.77. The van der Waals surface area contributed by atoms with E-state index in [1.165, 1.54) is 0 Å². The van der Waals surface area contributed by atoms with Gasteiger partial charge in [0.05, 0.1) is 6.61 Å². The molecule has 0 radical (unpaired) electrons. The standard InChI is InChI=1S/C6H11NO/c1-3-4-8-5-6(2)7/h1,6H,4-5,7H2,2H3/t6-/m1/s1. The summed E-state index contributed by atoms with van der Waals surface area (Å²) in [6.45, 7) is 2.78. The van der Waals surface area contributed by atoms with Gasteiger partial charge < -0.3 is 10.5 Å². The van der Waals surface area contributed by atoms with E-state index < -0.39 is 0 Å². The first-order valence-electron chi connectivity index (χ1n) is 2.54. The molecule has 0 rings (SSSR count). The Kier molecular flexibility index (Phi) is 4.33. The van der Waals surface area contributed by atoms with Crippen molar-refractivity contribution in [3.8, 4) is 12.3 Å². The Hall–Kier alpha value is -0.520. The normalized spacial score (nSPS) is 12.6. The highest BCUT2D eigenvalue weighted by Gasteiger charge is 1.89. The zero-order chi connectivity index (χ0) is 6.41. The fourth-order valence-electron chi connectivity index (χ4n) is 0.304. The van der Waals surface area contributed by atoms with E-state index in [0.717, 1.165) is 0 Å². The highest BCUT2D eigenvalue weighted by molar-refractivity contribution is 4.82. The lowest BCUT2D eigenvalue weighted by Gasteiger charge is -2.01. The second kappa shape index (κ2) is 4.63. The van der Waals surface area contributed by atoms with Crippen molar-refractivity contribution in [1.29, 1.82) is 0 Å². The summed E-state index contributed by atoms with van der Waals surface area (Å²) >= 11 is 0. The second-order valence-electron chi connectivity index (χ2n) is 1.70. The van der Waals surface area contributed by atoms with Gasteiger partial charge in [-0.3, -0.25) is 0 Å². The van der Waals surface area contributed by atoms with Crippen LogP contribution in [0.3, 0.4) is 0 Å². The lowest BCUT2D eigenvalue weighted by atomic mass is 10.4. The van der Waals surface area contributed by atoms with Crippen LogP contribution < -0.4 is 5.73 Å². The molecule has 0 aliphatic heterocycles. The second-order valence-corrected chi connectivity index (χ2v) is 1.70. The summed E-state index contributed by atoms with van der Waals surface area (Å²) in [6.07, 6.45) is 4.90. The molecular formula is C6H11NO. The average Bonchev–Trinajstić information content (AvgIpc) is 1.66. The van der Waals surface area contributed by atoms with Crippen LogP contribution in [0.25, 0.3) is 0 Å². The van der Waals surface area contributed by atoms with Crippen molar-refractivity contribution in [2.75, 3.05) is 13.2 Å². The average molecular weight is 113 g/mol. The first-order valence-corrected chi connectivity index (χ1v) is 2.54. The van der Waals surface area contributed by atoms with Crippen LogP contribution in [0.15, 0.2) is 0 Å². The molecule has 1 atom stereocenters. The molecule has 0 saturated carbocycles. The molecule has 0 aromatic rings. The Morgan fingerprint density at radius 3 is 2.88 bits per heavy atom. The number of hydrogen-bond donors (Lipinski definition) is 1. The number of nitrogens with two attached hydrogens (primary N) is 1. The molecule has 0 amide bonds. The quantitative estimate of drug-likeness (QED) is 0.412. The Bertz CT molecular complexity index is 83.0. The molecule has 0 fully saturated rings. The van der Waals surface area contributed by atoms with Crippen LogP contribution in [0, 0.1) is 12.3 Å². The Balaban J connectivity index is 2.85. The summed E-state index contributed by atoms with van der Waals surface area (Å²) in [7, 11) is 0. The SMILES string of the molecule is C#CCOC[C@@H](C)N. The Labute approximate surface area is 50.0 Å². The molecule has 0 heterocycles. The van der Waals surface area contributed by atoms with Crippen LogP contribution in [0.2, 0.25) is 0 Å². The van der Waals surface area contributed by atoms with Gasteiger partial charge >= 0.3 is 0 Å². The van der Waals surface area contributed by atoms with Crippen molar-refractivity contribution < 1.29 is 4.74 Å². The molecular weight excluding hydrogens is 102 g/mol. The van der Waals surface area contributed by atoms with E-state index in [9.17, 15) is 0 Å². The molecule has 0 aromatic carbocycles. The molecule has 0 spiro atoms. The lowest BCUT2D eigenvalue weighted by molar-refractivity contribution is 0.156. The van der Waals surface area contributed by atoms with Crippen molar-refractivity contribution in [2.45, 2.75) is 13.0 Å². The predicted molar refractivity (Wildman–Crippen MR) is 33.3 cm³/mol. The topological polar surface area (TPSA) is 35.2 Å². The van der Waals surface area contributed by atoms with Gasteiger partial charge in [0.15, 0.2) is 0 Å². The van der Waals surface area contributed by atoms with E-state index in [0.29, 0.717) is 13.2 Å². The van der Waals surface area contributed by atoms with Crippen molar-refractivity contribution in [1.82, 2.24) is 0 Å². The first kappa shape index (κ1) is 7.48. The minimum absolute atomic E-state index is 0.0864. The van der Waals surface area contributed by atoms with E-state index in [1.54, 1.807) is 0 Å². The third kappa shape index (κ3) is 5.48. The van der Waals surface area contributed by atoms with Gasteiger partial charge in [-0.05, 0) is 6.92 Å². The maximum Gasteiger partial charge on any atom is 0.107 e. The van der Waals surface area contributed by atoms with Crippen LogP contribution in [-0.2, 0) is 4.74 Å². The largest absolute Gasteiger partial charge is 0.367 e. The van der Waals surface area contributed by atoms with Crippen molar-refractivity contribution in [3.63, 3.8) is 0 Å². The van der Waals surface area contributed by atoms with Crippen LogP contribution >= 0.6 is 0 Å². The number of rotatable bonds is 3. The Morgan fingerprint density at radius 1 is 1.88 bits per heavy atom. The van der Waals surface area contributed by atoms with Crippen molar-refractivity contribution in [3.05, 3.63) is 0 Å². The van der Waals surface area contributed by atoms with Crippen molar-refractivity contribution >= 4 is 0 Å². The fourth-order valence-corrected chi connectivity index (χ4v) is 0.304. The third-order valence-electron chi connectivity index (χ3n) is 0.566. The highest BCUT2D eigenvalue weighted by Crippen LogP contribution is 1.76. The van der Waals surface area contributed by atoms with Crippen LogP contribution in [0.4, 0.5) is 0 Å². The Morgan fingerprint density at radius 2 is 2.50 bits per heavy atom. The van der Waals surface area contributed by atoms with Crippen LogP contribution in [-0.4, -0.2) is 19.3 Å². The molecule has 2 heteroatoms. The van der Waals surface area contributed by atoms with Crippen molar-refractivity contribution in [2.24, 2.45) is 5.73 Å². The zero-order valence-corrected chi connectivity index (χ0v) is 5.05. The number of terminal acetylenes is 1. The molecule has 8 heavy (non-hydrogen) atoms. The molecule has 0 unspecified atom stereocenters. The molecule has 0 aromatic heterocycles. The van der Waals surface area contributed by atoms with Gasteiger partial charge in [-0.1, -0.05) is 5.92 Å². The molecule has 2 N–H and O–H groups in total. The lowest BCUT2D eigenvalue weighted by Crippen LogP contribution is -2.21. The number of ether oxygens (including phenoxy) is 1. The zero-order valence-electron chi connectivity index (χ0n) is 5.05. The highest BCUT2D eigenvalue weighted by atomic mass is 16.5. The fraction of sp³-hybridized carbons (Fsp3) is 0.667. The third-order valence-corrected chi connectivity index (χ3v) is 0.566. The van der Waals surface area contributed by atoms with E-state index in [1.807, 2.05) is 6.92 Å². The summed E-state index contributed by atoms with van der Waals surface area (Å²) in [5, 5.41) is 0. The smallest absolute Gasteiger partial charge is 0.107 e. The van der Waals surface area contributed by atoms with Gasteiger partial charge in [0.2, 0.25) is 0 Å². The van der Waals surface area contributed by atoms with E-state index in [4.69, 9.17) is 16.9 Å². The minimum Gasteiger partial charge on any atom is -0.367 e. The van der Waals surface area contributed by atoms with Gasteiger partial charge in [-0.2, -0.15) is 0 Å². The van der Waals surface area contributed by atoms with Crippen LogP contribution in [0.5, 0.6) is 0 Å². The summed E-state index contributed by atoms with van der Waals surface area (Å²) in [4.78, 5) is 0. The molecule has 0 aliphatic carbocycles. The molecule has 0 saturated heterocycles. The molecule has 0 aliphatic rings. The summed E-state index contributed by atoms with van der Waals surface area (Å²) in [6, 6.07) is 0.0864. The summed E-state index contributed by atoms with van der Waals surface area (Å²) in [5.74, 6) is 2.35. The van der Waals surface area contributed by atoms with Gasteiger partial charge in [0, 0.05) is 6.04 Å². The summed E-state index contributed by atoms with van der Waals surface area (Å²) < 4.78 is 4.88. The molecule has 2 nitrogen and oxygen atoms in total. The number of hydrogen-bond acceptors (Lipinski definition) is 2. The van der Waals surface area contributed by atoms with Crippen LogP contribution in [0.1, 0.15) is 6.92 Å².